The Kier molecular flexibility index (Phi) is 4.79. The Bertz CT molecular complexity index is 1160. The largest absolute Gasteiger partial charge is 0.542 e. The molecule has 0 aliphatic carbocycles. The van der Waals surface area contributed by atoms with Crippen LogP contribution in [0.4, 0.5) is 10.8 Å². The van der Waals surface area contributed by atoms with Crippen LogP contribution in [0.2, 0.25) is 18.1 Å². The topological polar surface area (TPSA) is 91.9 Å². The monoisotopic (exact) mass is 472 g/mol. The lowest BCUT2D eigenvalue weighted by molar-refractivity contribution is 0.0101. The number of carboxylic acid groups (broad SMARTS) is 1. The highest BCUT2D eigenvalue weighted by Gasteiger charge is 2.48. The maximum atomic E-state index is 11.5. The van der Waals surface area contributed by atoms with Gasteiger partial charge in [0.15, 0.2) is 11.1 Å². The molecule has 170 valence electrons. The highest BCUT2D eigenvalue weighted by atomic mass is 32.1. The van der Waals surface area contributed by atoms with Gasteiger partial charge in [-0.3, -0.25) is 4.90 Å². The molecule has 0 radical (unpaired) electrons. The van der Waals surface area contributed by atoms with Crippen molar-refractivity contribution < 1.29 is 18.7 Å². The number of piperazine rings is 1. The standard InChI is InChI=1S/C22H28N4O4SSi/c1-22(2,3)32(4,5)30-17-7-6-15(16-11-31-12-23-16)19-18(17)24-20(29-19)25-9-13-8-14(10-25)26(13)21(27)28/h6-7,11-14H,8-10H2,1-5H3,(H,27,28). The highest BCUT2D eigenvalue weighted by Crippen LogP contribution is 2.43. The number of hydrogen-bond acceptors (Lipinski definition) is 7. The molecular weight excluding hydrogens is 444 g/mol. The van der Waals surface area contributed by atoms with Crippen molar-refractivity contribution in [3.05, 3.63) is 23.0 Å². The number of nitrogens with zero attached hydrogens (tertiary/aromatic N) is 4. The van der Waals surface area contributed by atoms with Crippen LogP contribution in [0, 0.1) is 0 Å². The van der Waals surface area contributed by atoms with Crippen LogP contribution in [0.1, 0.15) is 27.2 Å². The summed E-state index contributed by atoms with van der Waals surface area (Å²) in [6.45, 7) is 12.2. The van der Waals surface area contributed by atoms with Crippen molar-refractivity contribution in [2.75, 3.05) is 18.0 Å². The average Bonchev–Trinajstić information content (AvgIpc) is 3.37. The Labute approximate surface area is 192 Å². The summed E-state index contributed by atoms with van der Waals surface area (Å²) in [5.74, 6) is 0.731. The van der Waals surface area contributed by atoms with E-state index >= 15 is 0 Å². The van der Waals surface area contributed by atoms with E-state index in [2.05, 4.69) is 43.7 Å². The van der Waals surface area contributed by atoms with Gasteiger partial charge in [-0.15, -0.1) is 11.3 Å². The van der Waals surface area contributed by atoms with Crippen LogP contribution >= 0.6 is 11.3 Å². The molecule has 3 aliphatic heterocycles. The number of fused-ring (bicyclic) bond motifs is 3. The Morgan fingerprint density at radius 2 is 2.00 bits per heavy atom. The van der Waals surface area contributed by atoms with Crippen LogP contribution in [0.25, 0.3) is 22.4 Å². The van der Waals surface area contributed by atoms with Gasteiger partial charge < -0.3 is 18.8 Å². The van der Waals surface area contributed by atoms with Crippen molar-refractivity contribution >= 4 is 42.9 Å². The molecule has 2 atom stereocenters. The molecule has 3 fully saturated rings. The molecule has 32 heavy (non-hydrogen) atoms. The summed E-state index contributed by atoms with van der Waals surface area (Å²) in [5.41, 5.74) is 4.90. The van der Waals surface area contributed by atoms with Gasteiger partial charge in [0.2, 0.25) is 0 Å². The third-order valence-electron chi connectivity index (χ3n) is 7.06. The molecule has 2 aromatic heterocycles. The lowest BCUT2D eigenvalue weighted by Gasteiger charge is -2.54. The third kappa shape index (κ3) is 3.36. The number of oxazole rings is 1. The summed E-state index contributed by atoms with van der Waals surface area (Å²) >= 11 is 1.54. The predicted octanol–water partition coefficient (Wildman–Crippen LogP) is 5.28. The molecule has 1 N–H and O–H groups in total. The smallest absolute Gasteiger partial charge is 0.407 e. The minimum Gasteiger partial charge on any atom is -0.542 e. The number of rotatable bonds is 4. The van der Waals surface area contributed by atoms with Gasteiger partial charge in [-0.2, -0.15) is 4.98 Å². The predicted molar refractivity (Wildman–Crippen MR) is 127 cm³/mol. The molecule has 1 aromatic carbocycles. The number of anilines is 1. The number of carbonyl (C=O) groups is 1. The maximum absolute atomic E-state index is 11.5. The van der Waals surface area contributed by atoms with Gasteiger partial charge in [-0.05, 0) is 36.7 Å². The first-order valence-electron chi connectivity index (χ1n) is 10.8. The minimum absolute atomic E-state index is 0.0118. The molecule has 0 saturated carbocycles. The molecule has 10 heteroatoms. The zero-order valence-corrected chi connectivity index (χ0v) is 20.8. The maximum Gasteiger partial charge on any atom is 0.407 e. The van der Waals surface area contributed by atoms with Crippen molar-refractivity contribution in [1.82, 2.24) is 14.9 Å². The molecule has 3 saturated heterocycles. The molecule has 5 heterocycles. The second-order valence-corrected chi connectivity index (χ2v) is 15.6. The summed E-state index contributed by atoms with van der Waals surface area (Å²) in [7, 11) is -2.08. The summed E-state index contributed by atoms with van der Waals surface area (Å²) < 4.78 is 12.9. The van der Waals surface area contributed by atoms with Gasteiger partial charge in [-0.1, -0.05) is 20.8 Å². The van der Waals surface area contributed by atoms with Crippen molar-refractivity contribution in [3.63, 3.8) is 0 Å². The SMILES string of the molecule is CC(C)(C)[Si](C)(C)Oc1ccc(-c2cscn2)c2oc(N3CC4CC(C3)N4C(=O)O)nc12. The molecule has 8 nitrogen and oxygen atoms in total. The zero-order chi connectivity index (χ0) is 22.8. The van der Waals surface area contributed by atoms with E-state index in [-0.39, 0.29) is 17.1 Å². The minimum atomic E-state index is -2.08. The zero-order valence-electron chi connectivity index (χ0n) is 19.0. The van der Waals surface area contributed by atoms with Gasteiger partial charge in [-0.25, -0.2) is 9.78 Å². The Balaban J connectivity index is 1.55. The third-order valence-corrected chi connectivity index (χ3v) is 12.0. The van der Waals surface area contributed by atoms with Crippen LogP contribution in [0.15, 0.2) is 27.4 Å². The molecule has 3 aliphatic rings. The van der Waals surface area contributed by atoms with Crippen LogP contribution < -0.4 is 9.33 Å². The number of piperidine rings is 1. The van der Waals surface area contributed by atoms with E-state index in [1.165, 1.54) is 11.3 Å². The quantitative estimate of drug-likeness (QED) is 0.517. The summed E-state index contributed by atoms with van der Waals surface area (Å²) in [5, 5.41) is 11.5. The van der Waals surface area contributed by atoms with Crippen molar-refractivity contribution in [1.29, 1.82) is 0 Å². The molecule has 3 aromatic rings. The highest BCUT2D eigenvalue weighted by molar-refractivity contribution is 7.07. The Hall–Kier alpha value is -2.59. The van der Waals surface area contributed by atoms with Gasteiger partial charge >= 0.3 is 6.09 Å². The van der Waals surface area contributed by atoms with Crippen LogP contribution in [0.5, 0.6) is 5.75 Å². The van der Waals surface area contributed by atoms with Crippen LogP contribution in [-0.2, 0) is 0 Å². The molecule has 2 unspecified atom stereocenters. The van der Waals surface area contributed by atoms with Gasteiger partial charge in [0.25, 0.3) is 14.3 Å². The van der Waals surface area contributed by atoms with Gasteiger partial charge in [0.05, 0.1) is 23.3 Å². The van der Waals surface area contributed by atoms with Gasteiger partial charge in [0, 0.05) is 24.0 Å². The Morgan fingerprint density at radius 3 is 2.59 bits per heavy atom. The van der Waals surface area contributed by atoms with Crippen molar-refractivity contribution in [3.8, 4) is 17.0 Å². The van der Waals surface area contributed by atoms with E-state index in [1.807, 2.05) is 17.5 Å². The summed E-state index contributed by atoms with van der Waals surface area (Å²) in [6, 6.07) is 4.46. The second kappa shape index (κ2) is 7.21. The van der Waals surface area contributed by atoms with Crippen LogP contribution in [-0.4, -0.2) is 59.6 Å². The number of thiazole rings is 1. The fourth-order valence-corrected chi connectivity index (χ4v) is 5.82. The molecule has 1 amide bonds. The Morgan fingerprint density at radius 1 is 1.28 bits per heavy atom. The van der Waals surface area contributed by atoms with E-state index in [1.54, 1.807) is 10.4 Å². The molecule has 2 bridgehead atoms. The number of amides is 1. The van der Waals surface area contributed by atoms with E-state index in [0.717, 1.165) is 23.4 Å². The van der Waals surface area contributed by atoms with Crippen LogP contribution in [0.3, 0.4) is 0 Å². The van der Waals surface area contributed by atoms with Crippen molar-refractivity contribution in [2.45, 2.75) is 57.4 Å². The van der Waals surface area contributed by atoms with E-state index in [4.69, 9.17) is 13.8 Å². The summed E-state index contributed by atoms with van der Waals surface area (Å²) in [4.78, 5) is 24.4. The molecule has 6 rings (SSSR count). The number of aromatic nitrogens is 2. The fraction of sp³-hybridized carbons (Fsp3) is 0.500. The van der Waals surface area contributed by atoms with Crippen molar-refractivity contribution in [2.24, 2.45) is 0 Å². The first-order chi connectivity index (χ1) is 15.0. The van der Waals surface area contributed by atoms with Gasteiger partial charge in [0.1, 0.15) is 5.75 Å². The van der Waals surface area contributed by atoms with E-state index < -0.39 is 14.4 Å². The average molecular weight is 473 g/mol. The first-order valence-corrected chi connectivity index (χ1v) is 14.7. The number of benzene rings is 1. The fourth-order valence-electron chi connectivity index (χ4n) is 4.24. The van der Waals surface area contributed by atoms with E-state index in [0.29, 0.717) is 30.2 Å². The lowest BCUT2D eigenvalue weighted by Crippen LogP contribution is -2.70. The molecular formula is C22H28N4O4SSi. The summed E-state index contributed by atoms with van der Waals surface area (Å²) in [6.07, 6.45) is 0.0478. The number of hydrogen-bond donors (Lipinski definition) is 1. The second-order valence-electron chi connectivity index (χ2n) is 10.2. The normalized spacial score (nSPS) is 21.0. The van der Waals surface area contributed by atoms with E-state index in [9.17, 15) is 9.90 Å². The lowest BCUT2D eigenvalue weighted by atomic mass is 9.88. The first kappa shape index (κ1) is 21.3. The molecule has 0 spiro atoms.